The third-order valence-corrected chi connectivity index (χ3v) is 3.62. The molecule has 1 amide bonds. The summed E-state index contributed by atoms with van der Waals surface area (Å²) in [5, 5.41) is 3.05. The van der Waals surface area contributed by atoms with Crippen molar-refractivity contribution in [2.24, 2.45) is 0 Å². The summed E-state index contributed by atoms with van der Waals surface area (Å²) in [4.78, 5) is 16.1. The van der Waals surface area contributed by atoms with Gasteiger partial charge in [-0.15, -0.1) is 0 Å². The van der Waals surface area contributed by atoms with Crippen LogP contribution in [0.4, 0.5) is 9.52 Å². The second-order valence-corrected chi connectivity index (χ2v) is 5.42. The standard InChI is InChI=1S/C17H12FN3OS/c18-14-9-7-13(8-10-14)16-20-17(23-21-16)19-15(22)11-6-12-4-2-1-3-5-12/h1-11H,(H,19,20,21,22)/b11-6+. The number of nitrogens with one attached hydrogen (secondary N) is 1. The van der Waals surface area contributed by atoms with Crippen molar-refractivity contribution in [2.45, 2.75) is 0 Å². The molecule has 0 unspecified atom stereocenters. The molecular formula is C17H12FN3OS. The number of hydrogen-bond acceptors (Lipinski definition) is 4. The Bertz CT molecular complexity index is 829. The van der Waals surface area contributed by atoms with Gasteiger partial charge in [-0.2, -0.15) is 9.36 Å². The topological polar surface area (TPSA) is 54.9 Å². The van der Waals surface area contributed by atoms with Crippen molar-refractivity contribution in [1.82, 2.24) is 9.36 Å². The van der Waals surface area contributed by atoms with Crippen molar-refractivity contribution in [3.8, 4) is 11.4 Å². The SMILES string of the molecule is O=C(/C=C/c1ccccc1)Nc1nc(-c2ccc(F)cc2)ns1. The number of nitrogens with zero attached hydrogens (tertiary/aromatic N) is 2. The summed E-state index contributed by atoms with van der Waals surface area (Å²) in [5.74, 6) is -0.142. The molecule has 23 heavy (non-hydrogen) atoms. The van der Waals surface area contributed by atoms with Crippen LogP contribution in [0.25, 0.3) is 17.5 Å². The molecule has 0 aliphatic rings. The number of amides is 1. The Morgan fingerprint density at radius 2 is 1.83 bits per heavy atom. The summed E-state index contributed by atoms with van der Waals surface area (Å²) in [5.41, 5.74) is 1.63. The van der Waals surface area contributed by atoms with Gasteiger partial charge in [0.15, 0.2) is 5.82 Å². The summed E-state index contributed by atoms with van der Waals surface area (Å²) < 4.78 is 17.1. The lowest BCUT2D eigenvalue weighted by atomic mass is 10.2. The Labute approximate surface area is 136 Å². The number of anilines is 1. The fourth-order valence-corrected chi connectivity index (χ4v) is 2.47. The molecule has 0 radical (unpaired) electrons. The molecule has 0 aliphatic carbocycles. The van der Waals surface area contributed by atoms with Crippen molar-refractivity contribution in [3.63, 3.8) is 0 Å². The molecule has 0 saturated carbocycles. The fraction of sp³-hybridized carbons (Fsp3) is 0. The molecule has 3 aromatic rings. The third-order valence-electron chi connectivity index (χ3n) is 2.99. The van der Waals surface area contributed by atoms with Crippen molar-refractivity contribution in [2.75, 3.05) is 5.32 Å². The van der Waals surface area contributed by atoms with E-state index in [4.69, 9.17) is 0 Å². The van der Waals surface area contributed by atoms with E-state index in [9.17, 15) is 9.18 Å². The number of hydrogen-bond donors (Lipinski definition) is 1. The number of benzene rings is 2. The monoisotopic (exact) mass is 325 g/mol. The molecule has 0 spiro atoms. The molecule has 4 nitrogen and oxygen atoms in total. The van der Waals surface area contributed by atoms with Gasteiger partial charge in [0.25, 0.3) is 0 Å². The van der Waals surface area contributed by atoms with Gasteiger partial charge in [0.1, 0.15) is 5.82 Å². The zero-order valence-corrected chi connectivity index (χ0v) is 12.8. The minimum Gasteiger partial charge on any atom is -0.297 e. The average Bonchev–Trinajstić information content (AvgIpc) is 3.03. The molecule has 3 rings (SSSR count). The normalized spacial score (nSPS) is 10.8. The predicted molar refractivity (Wildman–Crippen MR) is 89.4 cm³/mol. The zero-order chi connectivity index (χ0) is 16.1. The minimum atomic E-state index is -0.316. The molecule has 2 aromatic carbocycles. The third kappa shape index (κ3) is 4.08. The van der Waals surface area contributed by atoms with Crippen LogP contribution in [0.2, 0.25) is 0 Å². The molecule has 1 heterocycles. The van der Waals surface area contributed by atoms with Crippen LogP contribution in [-0.2, 0) is 4.79 Å². The molecule has 0 fully saturated rings. The maximum absolute atomic E-state index is 12.9. The Morgan fingerprint density at radius 3 is 2.57 bits per heavy atom. The molecule has 0 aliphatic heterocycles. The van der Waals surface area contributed by atoms with Crippen LogP contribution in [0.3, 0.4) is 0 Å². The Hall–Kier alpha value is -2.86. The first-order valence-electron chi connectivity index (χ1n) is 6.84. The van der Waals surface area contributed by atoms with E-state index in [1.54, 1.807) is 18.2 Å². The maximum Gasteiger partial charge on any atom is 0.250 e. The largest absolute Gasteiger partial charge is 0.297 e. The highest BCUT2D eigenvalue weighted by Gasteiger charge is 2.08. The molecule has 6 heteroatoms. The lowest BCUT2D eigenvalue weighted by molar-refractivity contribution is -0.111. The molecule has 0 atom stereocenters. The van der Waals surface area contributed by atoms with Crippen LogP contribution < -0.4 is 5.32 Å². The number of aromatic nitrogens is 2. The Balaban J connectivity index is 1.66. The van der Waals surface area contributed by atoms with E-state index in [1.807, 2.05) is 30.3 Å². The van der Waals surface area contributed by atoms with E-state index < -0.39 is 0 Å². The molecule has 0 bridgehead atoms. The summed E-state index contributed by atoms with van der Waals surface area (Å²) in [7, 11) is 0. The van der Waals surface area contributed by atoms with Crippen LogP contribution in [0, 0.1) is 5.82 Å². The first-order valence-corrected chi connectivity index (χ1v) is 7.62. The highest BCUT2D eigenvalue weighted by molar-refractivity contribution is 7.10. The molecule has 0 saturated heterocycles. The van der Waals surface area contributed by atoms with Gasteiger partial charge in [-0.3, -0.25) is 10.1 Å². The summed E-state index contributed by atoms with van der Waals surface area (Å²) in [6.45, 7) is 0. The van der Waals surface area contributed by atoms with E-state index in [0.29, 0.717) is 16.5 Å². The van der Waals surface area contributed by atoms with Gasteiger partial charge in [0, 0.05) is 23.2 Å². The van der Waals surface area contributed by atoms with Crippen LogP contribution in [0.5, 0.6) is 0 Å². The number of rotatable bonds is 4. The van der Waals surface area contributed by atoms with Gasteiger partial charge in [-0.25, -0.2) is 4.39 Å². The van der Waals surface area contributed by atoms with Gasteiger partial charge in [0.2, 0.25) is 11.0 Å². The molecule has 1 aromatic heterocycles. The highest BCUT2D eigenvalue weighted by Crippen LogP contribution is 2.21. The van der Waals surface area contributed by atoms with E-state index in [0.717, 1.165) is 17.1 Å². The predicted octanol–water partition coefficient (Wildman–Crippen LogP) is 4.00. The lowest BCUT2D eigenvalue weighted by Gasteiger charge is -1.96. The molecule has 114 valence electrons. The minimum absolute atomic E-state index is 0.282. The number of carbonyl (C=O) groups is 1. The van der Waals surface area contributed by atoms with Crippen LogP contribution in [0.1, 0.15) is 5.56 Å². The van der Waals surface area contributed by atoms with Crippen molar-refractivity contribution >= 4 is 28.6 Å². The lowest BCUT2D eigenvalue weighted by Crippen LogP contribution is -2.07. The van der Waals surface area contributed by atoms with Gasteiger partial charge in [-0.1, -0.05) is 30.3 Å². The second kappa shape index (κ2) is 6.93. The van der Waals surface area contributed by atoms with Crippen molar-refractivity contribution in [1.29, 1.82) is 0 Å². The number of carbonyl (C=O) groups excluding carboxylic acids is 1. The van der Waals surface area contributed by atoms with E-state index in [-0.39, 0.29) is 11.7 Å². The van der Waals surface area contributed by atoms with Crippen molar-refractivity contribution in [3.05, 3.63) is 72.1 Å². The van der Waals surface area contributed by atoms with Gasteiger partial charge in [-0.05, 0) is 35.9 Å². The first-order chi connectivity index (χ1) is 11.2. The van der Waals surface area contributed by atoms with Crippen LogP contribution in [-0.4, -0.2) is 15.3 Å². The summed E-state index contributed by atoms with van der Waals surface area (Å²) in [6, 6.07) is 15.4. The highest BCUT2D eigenvalue weighted by atomic mass is 32.1. The summed E-state index contributed by atoms with van der Waals surface area (Å²) in [6.07, 6.45) is 3.16. The quantitative estimate of drug-likeness (QED) is 0.738. The van der Waals surface area contributed by atoms with E-state index in [1.165, 1.54) is 18.2 Å². The van der Waals surface area contributed by atoms with E-state index in [2.05, 4.69) is 14.7 Å². The van der Waals surface area contributed by atoms with Crippen molar-refractivity contribution < 1.29 is 9.18 Å². The smallest absolute Gasteiger partial charge is 0.250 e. The number of halogens is 1. The summed E-state index contributed by atoms with van der Waals surface area (Å²) >= 11 is 1.08. The fourth-order valence-electron chi connectivity index (χ4n) is 1.87. The molecule has 1 N–H and O–H groups in total. The van der Waals surface area contributed by atoms with Crippen LogP contribution >= 0.6 is 11.5 Å². The Kier molecular flexibility index (Phi) is 4.54. The average molecular weight is 325 g/mol. The zero-order valence-electron chi connectivity index (χ0n) is 11.9. The Morgan fingerprint density at radius 1 is 1.09 bits per heavy atom. The van der Waals surface area contributed by atoms with Gasteiger partial charge in [0.05, 0.1) is 0 Å². The second-order valence-electron chi connectivity index (χ2n) is 4.66. The maximum atomic E-state index is 12.9. The van der Waals surface area contributed by atoms with Gasteiger partial charge < -0.3 is 0 Å². The first kappa shape index (κ1) is 15.1. The molecular weight excluding hydrogens is 313 g/mol. The van der Waals surface area contributed by atoms with E-state index >= 15 is 0 Å². The van der Waals surface area contributed by atoms with Crippen LogP contribution in [0.15, 0.2) is 60.7 Å². The van der Waals surface area contributed by atoms with Gasteiger partial charge >= 0.3 is 0 Å².